The molecule has 39 heavy (non-hydrogen) atoms. The third-order valence-corrected chi connectivity index (χ3v) is 19.4. The van der Waals surface area contributed by atoms with Gasteiger partial charge in [0.2, 0.25) is 26.7 Å². The Labute approximate surface area is 244 Å². The van der Waals surface area contributed by atoms with Crippen molar-refractivity contribution in [1.82, 2.24) is 4.72 Å². The zero-order valence-electron chi connectivity index (χ0n) is 25.4. The van der Waals surface area contributed by atoms with E-state index in [0.717, 1.165) is 37.2 Å². The molecule has 0 aromatic heterocycles. The maximum atomic E-state index is 12.9. The number of benzene rings is 2. The van der Waals surface area contributed by atoms with Crippen LogP contribution in [0.25, 0.3) is 0 Å². The first kappa shape index (κ1) is 32.2. The van der Waals surface area contributed by atoms with E-state index in [2.05, 4.69) is 90.7 Å². The first-order valence-corrected chi connectivity index (χ1v) is 21.7. The van der Waals surface area contributed by atoms with Gasteiger partial charge in [-0.1, -0.05) is 59.2 Å². The Morgan fingerprint density at radius 1 is 0.795 bits per heavy atom. The molecule has 218 valence electrons. The summed E-state index contributed by atoms with van der Waals surface area (Å²) in [4.78, 5) is 0.247. The summed E-state index contributed by atoms with van der Waals surface area (Å²) in [6.07, 6.45) is 3.34. The molecule has 0 atom stereocenters. The van der Waals surface area contributed by atoms with Gasteiger partial charge in [-0.3, -0.25) is 0 Å². The monoisotopic (exact) mass is 609 g/mol. The number of halogens is 1. The molecule has 9 heteroatoms. The van der Waals surface area contributed by atoms with Crippen molar-refractivity contribution >= 4 is 38.3 Å². The molecule has 0 saturated heterocycles. The van der Waals surface area contributed by atoms with Crippen LogP contribution < -0.4 is 13.6 Å². The van der Waals surface area contributed by atoms with Crippen molar-refractivity contribution in [2.75, 3.05) is 0 Å². The van der Waals surface area contributed by atoms with Crippen LogP contribution in [0.15, 0.2) is 47.4 Å². The zero-order valence-corrected chi connectivity index (χ0v) is 29.0. The lowest BCUT2D eigenvalue weighted by Crippen LogP contribution is -2.44. The van der Waals surface area contributed by atoms with Gasteiger partial charge in [0.1, 0.15) is 11.5 Å². The molecule has 2 aromatic rings. The summed E-state index contributed by atoms with van der Waals surface area (Å²) in [6, 6.07) is 12.6. The Kier molecular flexibility index (Phi) is 9.50. The van der Waals surface area contributed by atoms with Gasteiger partial charge in [-0.2, -0.15) is 0 Å². The van der Waals surface area contributed by atoms with Crippen molar-refractivity contribution in [2.24, 2.45) is 0 Å². The van der Waals surface area contributed by atoms with Crippen LogP contribution in [-0.2, 0) is 10.0 Å². The van der Waals surface area contributed by atoms with Gasteiger partial charge in [0.25, 0.3) is 0 Å². The third-order valence-electron chi connectivity index (χ3n) is 8.95. The summed E-state index contributed by atoms with van der Waals surface area (Å²) in [5.41, 5.74) is 1.21. The predicted octanol–water partition coefficient (Wildman–Crippen LogP) is 9.11. The van der Waals surface area contributed by atoms with E-state index in [4.69, 9.17) is 20.5 Å². The molecule has 0 unspecified atom stereocenters. The molecule has 1 fully saturated rings. The SMILES string of the molecule is CC(C)(C)[Si](C)(C)Oc1ccc([C@H]2CC[C@@H](NS(=O)(=O)c3ccc(Cl)cc3)CC2)c(O[Si](C)(C)C(C)(C)C)c1. The fourth-order valence-electron chi connectivity index (χ4n) is 4.30. The van der Waals surface area contributed by atoms with Gasteiger partial charge < -0.3 is 8.85 Å². The molecule has 0 heterocycles. The van der Waals surface area contributed by atoms with Crippen LogP contribution in [-0.4, -0.2) is 31.1 Å². The summed E-state index contributed by atoms with van der Waals surface area (Å²) in [5.74, 6) is 2.12. The van der Waals surface area contributed by atoms with E-state index in [-0.39, 0.29) is 21.0 Å². The van der Waals surface area contributed by atoms with Crippen LogP contribution in [0.4, 0.5) is 0 Å². The number of nitrogens with one attached hydrogen (secondary N) is 1. The molecule has 1 aliphatic carbocycles. The highest BCUT2D eigenvalue weighted by Crippen LogP contribution is 2.45. The Morgan fingerprint density at radius 3 is 1.82 bits per heavy atom. The van der Waals surface area contributed by atoms with Gasteiger partial charge in [0.15, 0.2) is 0 Å². The lowest BCUT2D eigenvalue weighted by Gasteiger charge is -2.39. The van der Waals surface area contributed by atoms with Gasteiger partial charge in [-0.15, -0.1) is 0 Å². The van der Waals surface area contributed by atoms with Gasteiger partial charge in [0.05, 0.1) is 4.90 Å². The quantitative estimate of drug-likeness (QED) is 0.303. The van der Waals surface area contributed by atoms with Gasteiger partial charge >= 0.3 is 0 Å². The number of hydrogen-bond donors (Lipinski definition) is 1. The number of hydrogen-bond acceptors (Lipinski definition) is 4. The van der Waals surface area contributed by atoms with E-state index in [9.17, 15) is 8.42 Å². The van der Waals surface area contributed by atoms with Gasteiger partial charge in [-0.05, 0) is 104 Å². The molecule has 5 nitrogen and oxygen atoms in total. The predicted molar refractivity (Wildman–Crippen MR) is 169 cm³/mol. The average Bonchev–Trinajstić information content (AvgIpc) is 2.78. The third kappa shape index (κ3) is 7.91. The molecule has 0 spiro atoms. The Hall–Kier alpha value is -1.33. The van der Waals surface area contributed by atoms with Crippen LogP contribution in [0, 0.1) is 0 Å². The number of sulfonamides is 1. The van der Waals surface area contributed by atoms with E-state index >= 15 is 0 Å². The summed E-state index contributed by atoms with van der Waals surface area (Å²) >= 11 is 5.94. The highest BCUT2D eigenvalue weighted by atomic mass is 35.5. The minimum Gasteiger partial charge on any atom is -0.543 e. The van der Waals surface area contributed by atoms with E-state index in [1.807, 2.05) is 0 Å². The fraction of sp³-hybridized carbons (Fsp3) is 0.600. The highest BCUT2D eigenvalue weighted by molar-refractivity contribution is 7.89. The van der Waals surface area contributed by atoms with Crippen molar-refractivity contribution in [2.45, 2.75) is 120 Å². The van der Waals surface area contributed by atoms with Gasteiger partial charge in [-0.25, -0.2) is 13.1 Å². The Morgan fingerprint density at radius 2 is 1.31 bits per heavy atom. The van der Waals surface area contributed by atoms with Crippen molar-refractivity contribution in [1.29, 1.82) is 0 Å². The topological polar surface area (TPSA) is 64.6 Å². The van der Waals surface area contributed by atoms with Crippen LogP contribution in [0.3, 0.4) is 0 Å². The van der Waals surface area contributed by atoms with Gasteiger partial charge in [0, 0.05) is 17.1 Å². The fourth-order valence-corrected chi connectivity index (χ4v) is 7.79. The summed E-state index contributed by atoms with van der Waals surface area (Å²) in [6.45, 7) is 22.6. The van der Waals surface area contributed by atoms with Crippen molar-refractivity contribution in [3.63, 3.8) is 0 Å². The lowest BCUT2D eigenvalue weighted by atomic mass is 9.81. The lowest BCUT2D eigenvalue weighted by molar-refractivity contribution is 0.367. The minimum absolute atomic E-state index is 0.0676. The van der Waals surface area contributed by atoms with E-state index in [1.165, 1.54) is 5.56 Å². The van der Waals surface area contributed by atoms with Crippen LogP contribution >= 0.6 is 11.6 Å². The van der Waals surface area contributed by atoms with Crippen molar-refractivity contribution < 1.29 is 17.3 Å². The molecule has 0 amide bonds. The molecular formula is C30H48ClNO4SSi2. The number of rotatable bonds is 8. The second-order valence-corrected chi connectivity index (χ2v) is 25.6. The Bertz CT molecular complexity index is 1240. The largest absolute Gasteiger partial charge is 0.543 e. The van der Waals surface area contributed by atoms with Crippen LogP contribution in [0.1, 0.15) is 78.7 Å². The molecule has 0 radical (unpaired) electrons. The summed E-state index contributed by atoms with van der Waals surface area (Å²) in [5, 5.41) is 0.688. The second kappa shape index (κ2) is 11.5. The molecule has 2 aromatic carbocycles. The second-order valence-electron chi connectivity index (χ2n) is 14.0. The minimum atomic E-state index is -3.58. The van der Waals surface area contributed by atoms with E-state index in [1.54, 1.807) is 24.3 Å². The first-order chi connectivity index (χ1) is 17.7. The molecule has 0 aliphatic heterocycles. The molecular weight excluding hydrogens is 562 g/mol. The molecule has 3 rings (SSSR count). The summed E-state index contributed by atoms with van der Waals surface area (Å²) < 4.78 is 42.3. The zero-order chi connectivity index (χ0) is 29.4. The molecule has 1 saturated carbocycles. The first-order valence-electron chi connectivity index (χ1n) is 14.0. The Balaban J connectivity index is 1.82. The maximum absolute atomic E-state index is 12.9. The maximum Gasteiger partial charge on any atom is 0.250 e. The standard InChI is InChI=1S/C30H48ClNO4SSi2/c1-29(2,3)38(7,8)35-25-17-20-27(28(21-25)36-39(9,10)30(4,5)6)22-11-15-24(16-12-22)32-37(33,34)26-18-13-23(31)14-19-26/h13-14,17-22,24,32H,11-12,15-16H2,1-10H3/t22-,24+. The molecule has 0 bridgehead atoms. The molecule has 1 N–H and O–H groups in total. The smallest absolute Gasteiger partial charge is 0.250 e. The summed E-state index contributed by atoms with van der Waals surface area (Å²) in [7, 11) is -7.67. The molecule has 1 aliphatic rings. The van der Waals surface area contributed by atoms with Crippen molar-refractivity contribution in [3.05, 3.63) is 53.1 Å². The van der Waals surface area contributed by atoms with E-state index < -0.39 is 26.7 Å². The van der Waals surface area contributed by atoms with Crippen LogP contribution in [0.2, 0.25) is 41.3 Å². The highest BCUT2D eigenvalue weighted by Gasteiger charge is 2.41. The average molecular weight is 610 g/mol. The van der Waals surface area contributed by atoms with Crippen LogP contribution in [0.5, 0.6) is 11.5 Å². The van der Waals surface area contributed by atoms with E-state index in [0.29, 0.717) is 10.9 Å². The normalized spacial score (nSPS) is 19.6. The van der Waals surface area contributed by atoms with Crippen molar-refractivity contribution in [3.8, 4) is 11.5 Å².